The van der Waals surface area contributed by atoms with Crippen LogP contribution in [0.25, 0.3) is 0 Å². The number of pyridine rings is 1. The number of ether oxygens (including phenoxy) is 2. The molecular weight excluding hydrogens is 396 g/mol. The van der Waals surface area contributed by atoms with Crippen molar-refractivity contribution in [1.29, 1.82) is 0 Å². The zero-order valence-electron chi connectivity index (χ0n) is 16.7. The highest BCUT2D eigenvalue weighted by atomic mass is 19.3. The van der Waals surface area contributed by atoms with E-state index in [2.05, 4.69) is 15.0 Å². The molecule has 7 nitrogen and oxygen atoms in total. The number of nitrogens with one attached hydrogen (secondary N) is 1. The summed E-state index contributed by atoms with van der Waals surface area (Å²) in [6.07, 6.45) is 2.54. The van der Waals surface area contributed by atoms with E-state index in [1.54, 1.807) is 18.3 Å². The molecular formula is C21H23F2N3O4. The first-order chi connectivity index (χ1) is 14.4. The van der Waals surface area contributed by atoms with Gasteiger partial charge in [-0.05, 0) is 49.6 Å². The van der Waals surface area contributed by atoms with Gasteiger partial charge in [0.15, 0.2) is 11.5 Å². The lowest BCUT2D eigenvalue weighted by molar-refractivity contribution is -0.121. The summed E-state index contributed by atoms with van der Waals surface area (Å²) in [5, 5.41) is 2.80. The van der Waals surface area contributed by atoms with E-state index in [0.29, 0.717) is 31.7 Å². The number of piperidine rings is 1. The quantitative estimate of drug-likeness (QED) is 0.775. The van der Waals surface area contributed by atoms with Crippen molar-refractivity contribution in [3.8, 4) is 11.5 Å². The Labute approximate surface area is 173 Å². The van der Waals surface area contributed by atoms with Gasteiger partial charge in [0.05, 0.1) is 12.7 Å². The predicted molar refractivity (Wildman–Crippen MR) is 106 cm³/mol. The van der Waals surface area contributed by atoms with Crippen molar-refractivity contribution in [3.05, 3.63) is 47.7 Å². The van der Waals surface area contributed by atoms with Crippen molar-refractivity contribution in [2.45, 2.75) is 26.4 Å². The number of likely N-dealkylation sites (tertiary alicyclic amines) is 1. The van der Waals surface area contributed by atoms with Crippen molar-refractivity contribution in [3.63, 3.8) is 0 Å². The van der Waals surface area contributed by atoms with Gasteiger partial charge in [0.1, 0.15) is 5.82 Å². The summed E-state index contributed by atoms with van der Waals surface area (Å²) in [6.45, 7) is -0.531. The Bertz CT molecular complexity index is 915. The molecule has 2 aromatic rings. The predicted octanol–water partition coefficient (Wildman–Crippen LogP) is 3.49. The molecule has 3 rings (SSSR count). The van der Waals surface area contributed by atoms with Crippen LogP contribution in [0.3, 0.4) is 0 Å². The van der Waals surface area contributed by atoms with Gasteiger partial charge in [0.2, 0.25) is 5.91 Å². The van der Waals surface area contributed by atoms with E-state index in [1.807, 2.05) is 13.0 Å². The highest BCUT2D eigenvalue weighted by molar-refractivity contribution is 5.98. The standard InChI is InChI=1S/C21H23F2N3O4/c1-13-6-9-24-17(12-13)25-19(27)14-7-10-26(11-8-14)20(28)15-4-3-5-16(29-2)18(15)30-21(22)23/h3-6,9,12,14,21H,7-8,10-11H2,1-2H3,(H,24,25,27). The largest absolute Gasteiger partial charge is 0.493 e. The van der Waals surface area contributed by atoms with Crippen molar-refractivity contribution >= 4 is 17.6 Å². The summed E-state index contributed by atoms with van der Waals surface area (Å²) in [5.74, 6) is -0.597. The fourth-order valence-electron chi connectivity index (χ4n) is 3.40. The maximum atomic E-state index is 12.9. The Morgan fingerprint density at radius 1 is 1.23 bits per heavy atom. The summed E-state index contributed by atoms with van der Waals surface area (Å²) < 4.78 is 35.2. The number of alkyl halides is 2. The number of benzene rings is 1. The number of anilines is 1. The number of hydrogen-bond acceptors (Lipinski definition) is 5. The minimum absolute atomic E-state index is 0.00140. The second kappa shape index (κ2) is 9.51. The first kappa shape index (κ1) is 21.5. The van der Waals surface area contributed by atoms with Gasteiger partial charge in [-0.1, -0.05) is 6.07 Å². The van der Waals surface area contributed by atoms with Crippen LogP contribution in [0.1, 0.15) is 28.8 Å². The zero-order chi connectivity index (χ0) is 21.7. The van der Waals surface area contributed by atoms with Crippen molar-refractivity contribution in [1.82, 2.24) is 9.88 Å². The van der Waals surface area contributed by atoms with Crippen molar-refractivity contribution in [2.24, 2.45) is 5.92 Å². The maximum absolute atomic E-state index is 12.9. The molecule has 0 unspecified atom stereocenters. The molecule has 160 valence electrons. The topological polar surface area (TPSA) is 80.8 Å². The van der Waals surface area contributed by atoms with Gasteiger partial charge in [-0.3, -0.25) is 9.59 Å². The van der Waals surface area contributed by atoms with Crippen LogP contribution < -0.4 is 14.8 Å². The molecule has 1 N–H and O–H groups in total. The number of rotatable bonds is 6. The number of methoxy groups -OCH3 is 1. The molecule has 2 amide bonds. The minimum atomic E-state index is -3.09. The van der Waals surface area contributed by atoms with Crippen LogP contribution in [0.5, 0.6) is 11.5 Å². The minimum Gasteiger partial charge on any atom is -0.493 e. The van der Waals surface area contributed by atoms with E-state index in [1.165, 1.54) is 24.1 Å². The zero-order valence-corrected chi connectivity index (χ0v) is 16.7. The van der Waals surface area contributed by atoms with Crippen LogP contribution in [0.2, 0.25) is 0 Å². The molecule has 0 radical (unpaired) electrons. The second-order valence-corrected chi connectivity index (χ2v) is 6.99. The van der Waals surface area contributed by atoms with Crippen LogP contribution >= 0.6 is 0 Å². The summed E-state index contributed by atoms with van der Waals surface area (Å²) in [7, 11) is 1.31. The third-order valence-corrected chi connectivity index (χ3v) is 4.96. The summed E-state index contributed by atoms with van der Waals surface area (Å²) in [5.41, 5.74) is 0.988. The molecule has 1 aromatic heterocycles. The van der Waals surface area contributed by atoms with Crippen molar-refractivity contribution in [2.75, 3.05) is 25.5 Å². The molecule has 9 heteroatoms. The van der Waals surface area contributed by atoms with Gasteiger partial charge in [-0.15, -0.1) is 0 Å². The molecule has 30 heavy (non-hydrogen) atoms. The van der Waals surface area contributed by atoms with E-state index < -0.39 is 12.5 Å². The fourth-order valence-corrected chi connectivity index (χ4v) is 3.40. The maximum Gasteiger partial charge on any atom is 0.387 e. The van der Waals surface area contributed by atoms with E-state index in [0.717, 1.165) is 5.56 Å². The lowest BCUT2D eigenvalue weighted by Crippen LogP contribution is -2.41. The average Bonchev–Trinajstić information content (AvgIpc) is 2.73. The third-order valence-electron chi connectivity index (χ3n) is 4.96. The van der Waals surface area contributed by atoms with Crippen LogP contribution in [-0.2, 0) is 4.79 Å². The number of amides is 2. The molecule has 2 heterocycles. The van der Waals surface area contributed by atoms with Crippen LogP contribution in [0.4, 0.5) is 14.6 Å². The lowest BCUT2D eigenvalue weighted by Gasteiger charge is -2.31. The Balaban J connectivity index is 1.65. The Morgan fingerprint density at radius 2 is 1.97 bits per heavy atom. The van der Waals surface area contributed by atoms with Crippen molar-refractivity contribution < 1.29 is 27.8 Å². The molecule has 0 atom stereocenters. The van der Waals surface area contributed by atoms with Gasteiger partial charge < -0.3 is 19.7 Å². The normalized spacial score (nSPS) is 14.5. The summed E-state index contributed by atoms with van der Waals surface area (Å²) in [4.78, 5) is 31.1. The van der Waals surface area contributed by atoms with Crippen LogP contribution in [0, 0.1) is 12.8 Å². The van der Waals surface area contributed by atoms with E-state index in [-0.39, 0.29) is 28.9 Å². The molecule has 1 saturated heterocycles. The van der Waals surface area contributed by atoms with E-state index in [9.17, 15) is 18.4 Å². The molecule has 1 fully saturated rings. The van der Waals surface area contributed by atoms with Gasteiger partial charge in [0.25, 0.3) is 5.91 Å². The van der Waals surface area contributed by atoms with E-state index >= 15 is 0 Å². The molecule has 0 saturated carbocycles. The number of aromatic nitrogens is 1. The highest BCUT2D eigenvalue weighted by Gasteiger charge is 2.30. The molecule has 1 aromatic carbocycles. The number of aryl methyl sites for hydroxylation is 1. The first-order valence-electron chi connectivity index (χ1n) is 9.53. The number of nitrogens with zero attached hydrogens (tertiary/aromatic N) is 2. The van der Waals surface area contributed by atoms with Gasteiger partial charge in [-0.25, -0.2) is 4.98 Å². The Kier molecular flexibility index (Phi) is 6.81. The molecule has 0 bridgehead atoms. The monoisotopic (exact) mass is 419 g/mol. The van der Waals surface area contributed by atoms with Gasteiger partial charge >= 0.3 is 6.61 Å². The summed E-state index contributed by atoms with van der Waals surface area (Å²) >= 11 is 0. The molecule has 1 aliphatic rings. The molecule has 0 spiro atoms. The second-order valence-electron chi connectivity index (χ2n) is 6.99. The fraction of sp³-hybridized carbons (Fsp3) is 0.381. The smallest absolute Gasteiger partial charge is 0.387 e. The van der Waals surface area contributed by atoms with Gasteiger partial charge in [0, 0.05) is 25.2 Å². The number of carbonyl (C=O) groups is 2. The average molecular weight is 419 g/mol. The highest BCUT2D eigenvalue weighted by Crippen LogP contribution is 2.34. The number of para-hydroxylation sites is 1. The number of hydrogen-bond donors (Lipinski definition) is 1. The Morgan fingerprint density at radius 3 is 2.60 bits per heavy atom. The Hall–Kier alpha value is -3.23. The lowest BCUT2D eigenvalue weighted by atomic mass is 9.95. The van der Waals surface area contributed by atoms with Crippen LogP contribution in [0.15, 0.2) is 36.5 Å². The first-order valence-corrected chi connectivity index (χ1v) is 9.53. The number of halogens is 2. The van der Waals surface area contributed by atoms with Crippen LogP contribution in [-0.4, -0.2) is 48.5 Å². The van der Waals surface area contributed by atoms with Gasteiger partial charge in [-0.2, -0.15) is 8.78 Å². The number of carbonyl (C=O) groups excluding carboxylic acids is 2. The molecule has 0 aliphatic carbocycles. The van der Waals surface area contributed by atoms with E-state index in [4.69, 9.17) is 4.74 Å². The molecule has 1 aliphatic heterocycles. The summed E-state index contributed by atoms with van der Waals surface area (Å²) in [6, 6.07) is 8.03. The third kappa shape index (κ3) is 5.03. The SMILES string of the molecule is COc1cccc(C(=O)N2CCC(C(=O)Nc3cc(C)ccn3)CC2)c1OC(F)F.